The van der Waals surface area contributed by atoms with Crippen molar-refractivity contribution >= 4 is 16.9 Å². The highest BCUT2D eigenvalue weighted by molar-refractivity contribution is 5.77. The molecule has 4 N–H and O–H groups in total. The largest absolute Gasteiger partial charge is 0.399 e. The van der Waals surface area contributed by atoms with E-state index in [2.05, 4.69) is 18.5 Å². The molecule has 0 amide bonds. The highest BCUT2D eigenvalue weighted by Crippen LogP contribution is 2.33. The average Bonchev–Trinajstić information content (AvgIpc) is 2.32. The van der Waals surface area contributed by atoms with E-state index >= 15 is 0 Å². The van der Waals surface area contributed by atoms with E-state index in [0.29, 0.717) is 5.92 Å². The minimum Gasteiger partial charge on any atom is -0.399 e. The van der Waals surface area contributed by atoms with Crippen molar-refractivity contribution in [3.05, 3.63) is 30.3 Å². The summed E-state index contributed by atoms with van der Waals surface area (Å²) in [4.78, 5) is 2.35. The Morgan fingerprint density at radius 1 is 1.29 bits per heavy atom. The summed E-state index contributed by atoms with van der Waals surface area (Å²) in [5.41, 5.74) is 15.5. The van der Waals surface area contributed by atoms with Crippen molar-refractivity contribution in [3.63, 3.8) is 0 Å². The second-order valence-corrected chi connectivity index (χ2v) is 4.95. The summed E-state index contributed by atoms with van der Waals surface area (Å²) in [6.45, 7) is 6.48. The minimum atomic E-state index is 0.537. The predicted octanol–water partition coefficient (Wildman–Crippen LogP) is 2.21. The highest BCUT2D eigenvalue weighted by Gasteiger charge is 2.21. The van der Waals surface area contributed by atoms with Crippen LogP contribution >= 0.6 is 0 Å². The number of likely N-dealkylation sites (tertiary alicyclic amines) is 1. The molecule has 92 valence electrons. The first kappa shape index (κ1) is 12.0. The van der Waals surface area contributed by atoms with Gasteiger partial charge in [0.2, 0.25) is 0 Å². The first-order valence-corrected chi connectivity index (χ1v) is 6.10. The number of benzene rings is 1. The molecule has 17 heavy (non-hydrogen) atoms. The van der Waals surface area contributed by atoms with Crippen molar-refractivity contribution in [1.82, 2.24) is 4.90 Å². The average molecular weight is 231 g/mol. The van der Waals surface area contributed by atoms with Crippen LogP contribution in [0.5, 0.6) is 0 Å². The maximum Gasteiger partial charge on any atom is 0.0391 e. The summed E-state index contributed by atoms with van der Waals surface area (Å²) in [5, 5.41) is 0. The summed E-state index contributed by atoms with van der Waals surface area (Å²) in [5.74, 6) is 0.537. The second kappa shape index (κ2) is 4.80. The van der Waals surface area contributed by atoms with Crippen LogP contribution in [-0.4, -0.2) is 25.0 Å². The van der Waals surface area contributed by atoms with Crippen molar-refractivity contribution < 1.29 is 0 Å². The lowest BCUT2D eigenvalue weighted by Crippen LogP contribution is -2.30. The molecule has 1 fully saturated rings. The normalized spacial score (nSPS) is 18.2. The van der Waals surface area contributed by atoms with Gasteiger partial charge in [-0.25, -0.2) is 0 Å². The third-order valence-corrected chi connectivity index (χ3v) is 3.63. The van der Waals surface area contributed by atoms with Gasteiger partial charge in [-0.3, -0.25) is 0 Å². The third kappa shape index (κ3) is 2.61. The number of nitrogens with zero attached hydrogens (tertiary/aromatic N) is 1. The smallest absolute Gasteiger partial charge is 0.0391 e. The summed E-state index contributed by atoms with van der Waals surface area (Å²) < 4.78 is 0. The molecule has 1 aromatic carbocycles. The van der Waals surface area contributed by atoms with Gasteiger partial charge in [-0.05, 0) is 62.7 Å². The summed E-state index contributed by atoms with van der Waals surface area (Å²) in [6.07, 6.45) is 2.31. The van der Waals surface area contributed by atoms with Gasteiger partial charge in [0.1, 0.15) is 0 Å². The Kier molecular flexibility index (Phi) is 3.38. The molecule has 0 aliphatic carbocycles. The Balaban J connectivity index is 2.16. The van der Waals surface area contributed by atoms with Crippen molar-refractivity contribution in [2.24, 2.45) is 5.92 Å². The Morgan fingerprint density at radius 2 is 1.94 bits per heavy atom. The van der Waals surface area contributed by atoms with Gasteiger partial charge in [-0.2, -0.15) is 0 Å². The first-order valence-electron chi connectivity index (χ1n) is 6.10. The molecule has 3 nitrogen and oxygen atoms in total. The summed E-state index contributed by atoms with van der Waals surface area (Å²) in [6, 6.07) is 5.64. The van der Waals surface area contributed by atoms with Gasteiger partial charge < -0.3 is 16.4 Å². The molecule has 0 aromatic heterocycles. The van der Waals surface area contributed by atoms with E-state index in [4.69, 9.17) is 11.5 Å². The quantitative estimate of drug-likeness (QED) is 0.767. The van der Waals surface area contributed by atoms with Crippen molar-refractivity contribution in [2.75, 3.05) is 31.6 Å². The second-order valence-electron chi connectivity index (χ2n) is 4.95. The molecule has 3 heteroatoms. The summed E-state index contributed by atoms with van der Waals surface area (Å²) in [7, 11) is 2.16. The SMILES string of the molecule is C=C(c1cc(N)ccc1N)C1CCN(C)CC1. The Labute approximate surface area is 103 Å². The zero-order valence-electron chi connectivity index (χ0n) is 10.4. The van der Waals surface area contributed by atoms with Crippen LogP contribution in [0.2, 0.25) is 0 Å². The van der Waals surface area contributed by atoms with E-state index in [1.54, 1.807) is 0 Å². The number of nitrogen functional groups attached to an aromatic ring is 2. The third-order valence-electron chi connectivity index (χ3n) is 3.63. The molecular weight excluding hydrogens is 210 g/mol. The van der Waals surface area contributed by atoms with Gasteiger partial charge in [0, 0.05) is 16.9 Å². The lowest BCUT2D eigenvalue weighted by molar-refractivity contribution is 0.248. The van der Waals surface area contributed by atoms with E-state index in [0.717, 1.165) is 48.4 Å². The number of rotatable bonds is 2. The number of nitrogens with two attached hydrogens (primary N) is 2. The molecule has 0 radical (unpaired) electrons. The molecule has 0 spiro atoms. The molecule has 0 bridgehead atoms. The van der Waals surface area contributed by atoms with Crippen molar-refractivity contribution in [2.45, 2.75) is 12.8 Å². The zero-order chi connectivity index (χ0) is 12.4. The number of hydrogen-bond donors (Lipinski definition) is 2. The Bertz CT molecular complexity index is 417. The predicted molar refractivity (Wildman–Crippen MR) is 74.5 cm³/mol. The number of anilines is 2. The maximum absolute atomic E-state index is 6.00. The summed E-state index contributed by atoms with van der Waals surface area (Å²) >= 11 is 0. The highest BCUT2D eigenvalue weighted by atomic mass is 15.1. The fourth-order valence-electron chi connectivity index (χ4n) is 2.43. The molecule has 0 atom stereocenters. The van der Waals surface area contributed by atoms with Crippen LogP contribution in [0, 0.1) is 5.92 Å². The number of allylic oxidation sites excluding steroid dienone is 1. The molecule has 2 rings (SSSR count). The molecule has 1 heterocycles. The zero-order valence-corrected chi connectivity index (χ0v) is 10.4. The van der Waals surface area contributed by atoms with Crippen LogP contribution in [0.3, 0.4) is 0 Å². The lowest BCUT2D eigenvalue weighted by Gasteiger charge is -2.30. The molecule has 1 aliphatic rings. The minimum absolute atomic E-state index is 0.537. The van der Waals surface area contributed by atoms with E-state index in [-0.39, 0.29) is 0 Å². The van der Waals surface area contributed by atoms with Gasteiger partial charge >= 0.3 is 0 Å². The fraction of sp³-hybridized carbons (Fsp3) is 0.429. The maximum atomic E-state index is 6.00. The Morgan fingerprint density at radius 3 is 2.59 bits per heavy atom. The lowest BCUT2D eigenvalue weighted by atomic mass is 9.85. The topological polar surface area (TPSA) is 55.3 Å². The van der Waals surface area contributed by atoms with Crippen molar-refractivity contribution in [1.29, 1.82) is 0 Å². The van der Waals surface area contributed by atoms with Crippen LogP contribution in [0.4, 0.5) is 11.4 Å². The van der Waals surface area contributed by atoms with Crippen LogP contribution in [0.1, 0.15) is 18.4 Å². The van der Waals surface area contributed by atoms with Gasteiger partial charge in [0.15, 0.2) is 0 Å². The molecule has 1 aliphatic heterocycles. The van der Waals surface area contributed by atoms with Crippen LogP contribution in [-0.2, 0) is 0 Å². The Hall–Kier alpha value is -1.48. The van der Waals surface area contributed by atoms with Crippen LogP contribution in [0.25, 0.3) is 5.57 Å². The molecule has 1 saturated heterocycles. The molecule has 1 aromatic rings. The fourth-order valence-corrected chi connectivity index (χ4v) is 2.43. The van der Waals surface area contributed by atoms with E-state index in [1.807, 2.05) is 18.2 Å². The van der Waals surface area contributed by atoms with E-state index < -0.39 is 0 Å². The van der Waals surface area contributed by atoms with Crippen LogP contribution in [0.15, 0.2) is 24.8 Å². The van der Waals surface area contributed by atoms with Gasteiger partial charge in [0.25, 0.3) is 0 Å². The van der Waals surface area contributed by atoms with Crippen LogP contribution < -0.4 is 11.5 Å². The number of piperidine rings is 1. The molecule has 0 saturated carbocycles. The van der Waals surface area contributed by atoms with Gasteiger partial charge in [0.05, 0.1) is 0 Å². The van der Waals surface area contributed by atoms with E-state index in [1.165, 1.54) is 0 Å². The van der Waals surface area contributed by atoms with Crippen molar-refractivity contribution in [3.8, 4) is 0 Å². The van der Waals surface area contributed by atoms with Gasteiger partial charge in [-0.1, -0.05) is 6.58 Å². The first-order chi connectivity index (χ1) is 8.08. The van der Waals surface area contributed by atoms with Gasteiger partial charge in [-0.15, -0.1) is 0 Å². The number of hydrogen-bond acceptors (Lipinski definition) is 3. The standard InChI is InChI=1S/C14H21N3/c1-10(11-5-7-17(2)8-6-11)13-9-12(15)3-4-14(13)16/h3-4,9,11H,1,5-8,15-16H2,2H3. The monoisotopic (exact) mass is 231 g/mol. The van der Waals surface area contributed by atoms with E-state index in [9.17, 15) is 0 Å². The molecular formula is C14H21N3. The molecule has 0 unspecified atom stereocenters.